The fourth-order valence-corrected chi connectivity index (χ4v) is 2.63. The van der Waals surface area contributed by atoms with Gasteiger partial charge in [0.25, 0.3) is 0 Å². The number of fused-ring (bicyclic) bond motifs is 1. The van der Waals surface area contributed by atoms with Crippen LogP contribution in [-0.4, -0.2) is 12.5 Å². The first-order chi connectivity index (χ1) is 10.2. The molecule has 4 heteroatoms. The van der Waals surface area contributed by atoms with Gasteiger partial charge in [-0.3, -0.25) is 4.79 Å². The second kappa shape index (κ2) is 7.46. The Morgan fingerprint density at radius 1 is 1.24 bits per heavy atom. The Balaban J connectivity index is 2.45. The molecule has 0 spiro atoms. The summed E-state index contributed by atoms with van der Waals surface area (Å²) in [5.74, 6) is 0.848. The molecule has 2 aromatic carbocycles. The normalized spacial score (nSPS) is 10.6. The first kappa shape index (κ1) is 15.8. The van der Waals surface area contributed by atoms with Crippen molar-refractivity contribution in [2.75, 3.05) is 11.9 Å². The quantitative estimate of drug-likeness (QED) is 0.734. The predicted molar refractivity (Wildman–Crippen MR) is 91.0 cm³/mol. The summed E-state index contributed by atoms with van der Waals surface area (Å²) in [7, 11) is 0. The van der Waals surface area contributed by atoms with Gasteiger partial charge in [0.2, 0.25) is 5.91 Å². The van der Waals surface area contributed by atoms with E-state index in [1.54, 1.807) is 0 Å². The van der Waals surface area contributed by atoms with E-state index < -0.39 is 0 Å². The summed E-state index contributed by atoms with van der Waals surface area (Å²) in [4.78, 5) is 11.7. The van der Waals surface area contributed by atoms with E-state index in [4.69, 9.17) is 4.74 Å². The predicted octanol–water partition coefficient (Wildman–Crippen LogP) is 5.13. The van der Waals surface area contributed by atoms with Crippen molar-refractivity contribution < 1.29 is 9.53 Å². The monoisotopic (exact) mass is 349 g/mol. The highest BCUT2D eigenvalue weighted by Gasteiger charge is 2.13. The van der Waals surface area contributed by atoms with Crippen molar-refractivity contribution in [3.63, 3.8) is 0 Å². The molecule has 0 unspecified atom stereocenters. The zero-order chi connectivity index (χ0) is 15.2. The van der Waals surface area contributed by atoms with E-state index in [0.717, 1.165) is 39.5 Å². The van der Waals surface area contributed by atoms with Gasteiger partial charge in [-0.2, -0.15) is 0 Å². The molecule has 0 aliphatic rings. The number of halogens is 1. The van der Waals surface area contributed by atoms with Crippen molar-refractivity contribution in [1.29, 1.82) is 0 Å². The summed E-state index contributed by atoms with van der Waals surface area (Å²) in [5.41, 5.74) is 0.806. The number of hydrogen-bond acceptors (Lipinski definition) is 2. The van der Waals surface area contributed by atoms with Crippen LogP contribution in [0.2, 0.25) is 0 Å². The third-order valence-corrected chi connectivity index (χ3v) is 3.92. The Kier molecular flexibility index (Phi) is 5.62. The van der Waals surface area contributed by atoms with E-state index in [2.05, 4.69) is 28.2 Å². The molecule has 0 atom stereocenters. The third kappa shape index (κ3) is 3.76. The molecule has 0 heterocycles. The molecule has 3 nitrogen and oxygen atoms in total. The maximum absolute atomic E-state index is 11.7. The molecule has 0 saturated heterocycles. The van der Waals surface area contributed by atoms with Gasteiger partial charge >= 0.3 is 0 Å². The number of ether oxygens (including phenoxy) is 1. The van der Waals surface area contributed by atoms with Crippen LogP contribution >= 0.6 is 15.9 Å². The summed E-state index contributed by atoms with van der Waals surface area (Å²) >= 11 is 3.54. The smallest absolute Gasteiger partial charge is 0.224 e. The average molecular weight is 350 g/mol. The largest absolute Gasteiger partial charge is 0.493 e. The minimum absolute atomic E-state index is 0.000467. The van der Waals surface area contributed by atoms with Crippen molar-refractivity contribution in [3.05, 3.63) is 34.8 Å². The van der Waals surface area contributed by atoms with Crippen molar-refractivity contribution in [2.45, 2.75) is 33.1 Å². The van der Waals surface area contributed by atoms with Gasteiger partial charge in [0.05, 0.1) is 12.3 Å². The topological polar surface area (TPSA) is 38.3 Å². The van der Waals surface area contributed by atoms with Gasteiger partial charge in [-0.05, 0) is 28.4 Å². The number of unbranched alkanes of at least 4 members (excludes halogenated alkanes) is 1. The van der Waals surface area contributed by atoms with Gasteiger partial charge in [0.1, 0.15) is 5.75 Å². The Bertz CT molecular complexity index is 640. The van der Waals surface area contributed by atoms with E-state index in [0.29, 0.717) is 13.0 Å². The highest BCUT2D eigenvalue weighted by Crippen LogP contribution is 2.38. The number of anilines is 1. The molecule has 0 fully saturated rings. The number of nitrogens with one attached hydrogen (secondary N) is 1. The molecule has 0 radical (unpaired) electrons. The Morgan fingerprint density at radius 3 is 2.62 bits per heavy atom. The van der Waals surface area contributed by atoms with Crippen LogP contribution in [0.25, 0.3) is 10.8 Å². The Hall–Kier alpha value is -1.55. The van der Waals surface area contributed by atoms with Crippen LogP contribution in [0.4, 0.5) is 5.69 Å². The molecule has 0 aliphatic carbocycles. The zero-order valence-corrected chi connectivity index (χ0v) is 14.0. The van der Waals surface area contributed by atoms with Crippen LogP contribution < -0.4 is 10.1 Å². The highest BCUT2D eigenvalue weighted by molar-refractivity contribution is 9.10. The average Bonchev–Trinajstić information content (AvgIpc) is 2.50. The van der Waals surface area contributed by atoms with E-state index in [9.17, 15) is 4.79 Å². The van der Waals surface area contributed by atoms with Crippen LogP contribution in [-0.2, 0) is 4.79 Å². The fourth-order valence-electron chi connectivity index (χ4n) is 2.11. The molecular weight excluding hydrogens is 330 g/mol. The van der Waals surface area contributed by atoms with Crippen LogP contribution in [0, 0.1) is 0 Å². The molecule has 0 aromatic heterocycles. The molecule has 2 aromatic rings. The summed E-state index contributed by atoms with van der Waals surface area (Å²) < 4.78 is 6.73. The standard InChI is InChI=1S/C17H20BrNO2/c1-3-5-10-21-15-11-14(18)17(19-16(20)4-2)13-9-7-6-8-12(13)15/h6-9,11H,3-5,10H2,1-2H3,(H,19,20). The lowest BCUT2D eigenvalue weighted by Crippen LogP contribution is -2.10. The minimum Gasteiger partial charge on any atom is -0.493 e. The Morgan fingerprint density at radius 2 is 1.95 bits per heavy atom. The lowest BCUT2D eigenvalue weighted by molar-refractivity contribution is -0.115. The molecular formula is C17H20BrNO2. The second-order valence-corrected chi connectivity index (χ2v) is 5.74. The van der Waals surface area contributed by atoms with Gasteiger partial charge in [-0.25, -0.2) is 0 Å². The summed E-state index contributed by atoms with van der Waals surface area (Å²) in [6.07, 6.45) is 2.58. The number of benzene rings is 2. The lowest BCUT2D eigenvalue weighted by atomic mass is 10.1. The van der Waals surface area contributed by atoms with Gasteiger partial charge in [-0.15, -0.1) is 0 Å². The van der Waals surface area contributed by atoms with E-state index in [1.165, 1.54) is 0 Å². The number of carbonyl (C=O) groups is 1. The fraction of sp³-hybridized carbons (Fsp3) is 0.353. The molecule has 0 bridgehead atoms. The van der Waals surface area contributed by atoms with Crippen molar-refractivity contribution >= 4 is 38.3 Å². The molecule has 0 aliphatic heterocycles. The SMILES string of the molecule is CCCCOc1cc(Br)c(NC(=O)CC)c2ccccc12. The van der Waals surface area contributed by atoms with E-state index in [-0.39, 0.29) is 5.91 Å². The summed E-state index contributed by atoms with van der Waals surface area (Å²) in [5, 5.41) is 4.96. The van der Waals surface area contributed by atoms with Crippen molar-refractivity contribution in [1.82, 2.24) is 0 Å². The van der Waals surface area contributed by atoms with Crippen molar-refractivity contribution in [2.24, 2.45) is 0 Å². The zero-order valence-electron chi connectivity index (χ0n) is 12.4. The number of hydrogen-bond donors (Lipinski definition) is 1. The number of rotatable bonds is 6. The van der Waals surface area contributed by atoms with Gasteiger partial charge in [0.15, 0.2) is 0 Å². The van der Waals surface area contributed by atoms with E-state index >= 15 is 0 Å². The highest BCUT2D eigenvalue weighted by atomic mass is 79.9. The van der Waals surface area contributed by atoms with E-state index in [1.807, 2.05) is 37.3 Å². The first-order valence-electron chi connectivity index (χ1n) is 7.31. The molecule has 1 N–H and O–H groups in total. The first-order valence-corrected chi connectivity index (χ1v) is 8.10. The molecule has 2 rings (SSSR count). The maximum Gasteiger partial charge on any atom is 0.224 e. The van der Waals surface area contributed by atoms with Crippen LogP contribution in [0.1, 0.15) is 33.1 Å². The van der Waals surface area contributed by atoms with Crippen LogP contribution in [0.15, 0.2) is 34.8 Å². The summed E-state index contributed by atoms with van der Waals surface area (Å²) in [6.45, 7) is 4.68. The van der Waals surface area contributed by atoms with Gasteiger partial charge in [-0.1, -0.05) is 44.5 Å². The molecule has 0 saturated carbocycles. The Labute approximate surface area is 133 Å². The molecule has 112 valence electrons. The van der Waals surface area contributed by atoms with Gasteiger partial charge in [0, 0.05) is 21.7 Å². The maximum atomic E-state index is 11.7. The minimum atomic E-state index is 0.000467. The number of carbonyl (C=O) groups excluding carboxylic acids is 1. The molecule has 1 amide bonds. The van der Waals surface area contributed by atoms with Gasteiger partial charge < -0.3 is 10.1 Å². The summed E-state index contributed by atoms with van der Waals surface area (Å²) in [6, 6.07) is 9.90. The number of amides is 1. The lowest BCUT2D eigenvalue weighted by Gasteiger charge is -2.15. The molecule has 21 heavy (non-hydrogen) atoms. The van der Waals surface area contributed by atoms with Crippen molar-refractivity contribution in [3.8, 4) is 5.75 Å². The van der Waals surface area contributed by atoms with Crippen LogP contribution in [0.3, 0.4) is 0 Å². The van der Waals surface area contributed by atoms with Crippen LogP contribution in [0.5, 0.6) is 5.75 Å². The third-order valence-electron chi connectivity index (χ3n) is 3.30. The second-order valence-electron chi connectivity index (χ2n) is 4.88.